The summed E-state index contributed by atoms with van der Waals surface area (Å²) in [6.45, 7) is 2.41. The first-order valence-electron chi connectivity index (χ1n) is 8.19. The van der Waals surface area contributed by atoms with Crippen LogP contribution in [0.15, 0.2) is 46.7 Å². The molecule has 0 radical (unpaired) electrons. The summed E-state index contributed by atoms with van der Waals surface area (Å²) in [6.07, 6.45) is 2.78. The van der Waals surface area contributed by atoms with Crippen LogP contribution in [0.2, 0.25) is 0 Å². The number of benzene rings is 1. The van der Waals surface area contributed by atoms with Gasteiger partial charge in [-0.3, -0.25) is 14.5 Å². The van der Waals surface area contributed by atoms with Gasteiger partial charge in [-0.1, -0.05) is 48.2 Å². The number of rotatable bonds is 6. The molecule has 0 bridgehead atoms. The maximum atomic E-state index is 12.5. The molecular weight excluding hydrogens is 384 g/mol. The number of carbonyl (C=O) groups excluding carboxylic acids is 2. The van der Waals surface area contributed by atoms with Gasteiger partial charge in [0.2, 0.25) is 5.91 Å². The second-order valence-electron chi connectivity index (χ2n) is 5.82. The lowest BCUT2D eigenvalue weighted by Crippen LogP contribution is -2.29. The van der Waals surface area contributed by atoms with Crippen LogP contribution in [0.4, 0.5) is 5.69 Å². The molecule has 1 aliphatic rings. The minimum absolute atomic E-state index is 0.0566. The standard InChI is InChI=1S/C19H18N2O2S3/c1-13-6-2-3-8-15(13)20-17(22)9-4-10-21-18(23)16(26-19(21)24)12-14-7-5-11-25-14/h2-3,5-8,11-12H,4,9-10H2,1H3,(H,20,22). The number of para-hydroxylation sites is 1. The van der Waals surface area contributed by atoms with Gasteiger partial charge in [-0.05, 0) is 42.5 Å². The number of anilines is 1. The predicted octanol–water partition coefficient (Wildman–Crippen LogP) is 4.68. The molecule has 1 aliphatic heterocycles. The van der Waals surface area contributed by atoms with Crippen molar-refractivity contribution in [2.45, 2.75) is 19.8 Å². The van der Waals surface area contributed by atoms with E-state index in [1.54, 1.807) is 16.2 Å². The predicted molar refractivity (Wildman–Crippen MR) is 113 cm³/mol. The van der Waals surface area contributed by atoms with Crippen LogP contribution in [-0.4, -0.2) is 27.6 Å². The Morgan fingerprint density at radius 2 is 2.08 bits per heavy atom. The molecule has 26 heavy (non-hydrogen) atoms. The molecule has 0 aliphatic carbocycles. The van der Waals surface area contributed by atoms with Crippen LogP contribution in [0.5, 0.6) is 0 Å². The van der Waals surface area contributed by atoms with E-state index < -0.39 is 0 Å². The maximum absolute atomic E-state index is 12.5. The Bertz CT molecular complexity index is 859. The van der Waals surface area contributed by atoms with Gasteiger partial charge in [0.25, 0.3) is 5.91 Å². The van der Waals surface area contributed by atoms with Crippen molar-refractivity contribution in [3.05, 3.63) is 57.1 Å². The summed E-state index contributed by atoms with van der Waals surface area (Å²) in [5.74, 6) is -0.133. The Labute approximate surface area is 166 Å². The van der Waals surface area contributed by atoms with Crippen molar-refractivity contribution < 1.29 is 9.59 Å². The monoisotopic (exact) mass is 402 g/mol. The van der Waals surface area contributed by atoms with Crippen molar-refractivity contribution in [2.75, 3.05) is 11.9 Å². The topological polar surface area (TPSA) is 49.4 Å². The van der Waals surface area contributed by atoms with E-state index in [0.29, 0.717) is 28.6 Å². The van der Waals surface area contributed by atoms with Crippen molar-refractivity contribution in [3.63, 3.8) is 0 Å². The van der Waals surface area contributed by atoms with Crippen LogP contribution in [-0.2, 0) is 9.59 Å². The van der Waals surface area contributed by atoms with Gasteiger partial charge >= 0.3 is 0 Å². The zero-order chi connectivity index (χ0) is 18.5. The molecule has 134 valence electrons. The second-order valence-corrected chi connectivity index (χ2v) is 8.47. The van der Waals surface area contributed by atoms with E-state index >= 15 is 0 Å². The number of hydrogen-bond donors (Lipinski definition) is 1. The average Bonchev–Trinajstić information content (AvgIpc) is 3.21. The summed E-state index contributed by atoms with van der Waals surface area (Å²) in [4.78, 5) is 27.9. The van der Waals surface area contributed by atoms with Gasteiger partial charge < -0.3 is 5.32 Å². The minimum Gasteiger partial charge on any atom is -0.326 e. The SMILES string of the molecule is Cc1ccccc1NC(=O)CCCN1C(=O)C(=Cc2cccs2)SC1=S. The molecule has 2 aromatic rings. The molecule has 3 rings (SSSR count). The Balaban J connectivity index is 1.52. The number of thiophene rings is 1. The van der Waals surface area contributed by atoms with Crippen molar-refractivity contribution >= 4 is 63.2 Å². The highest BCUT2D eigenvalue weighted by Crippen LogP contribution is 2.33. The summed E-state index contributed by atoms with van der Waals surface area (Å²) in [7, 11) is 0. The molecule has 1 aromatic carbocycles. The summed E-state index contributed by atoms with van der Waals surface area (Å²) in [5, 5.41) is 4.88. The normalized spacial score (nSPS) is 15.7. The third kappa shape index (κ3) is 4.60. The molecular formula is C19H18N2O2S3. The summed E-state index contributed by atoms with van der Waals surface area (Å²) >= 11 is 8.22. The molecule has 2 heterocycles. The first-order chi connectivity index (χ1) is 12.5. The van der Waals surface area contributed by atoms with Gasteiger partial charge in [0.1, 0.15) is 4.32 Å². The van der Waals surface area contributed by atoms with Crippen LogP contribution in [0.25, 0.3) is 6.08 Å². The van der Waals surface area contributed by atoms with Gasteiger partial charge in [0.05, 0.1) is 4.91 Å². The van der Waals surface area contributed by atoms with E-state index in [1.807, 2.05) is 54.8 Å². The smallest absolute Gasteiger partial charge is 0.266 e. The molecule has 7 heteroatoms. The van der Waals surface area contributed by atoms with Crippen molar-refractivity contribution in [2.24, 2.45) is 0 Å². The molecule has 4 nitrogen and oxygen atoms in total. The molecule has 1 saturated heterocycles. The highest BCUT2D eigenvalue weighted by Gasteiger charge is 2.31. The fourth-order valence-electron chi connectivity index (χ4n) is 2.52. The summed E-state index contributed by atoms with van der Waals surface area (Å²) in [5.41, 5.74) is 1.85. The molecule has 1 fully saturated rings. The lowest BCUT2D eigenvalue weighted by atomic mass is 10.2. The Hall–Kier alpha value is -1.96. The molecule has 0 saturated carbocycles. The zero-order valence-corrected chi connectivity index (χ0v) is 16.7. The molecule has 0 spiro atoms. The largest absolute Gasteiger partial charge is 0.326 e. The summed E-state index contributed by atoms with van der Waals surface area (Å²) < 4.78 is 0.553. The Morgan fingerprint density at radius 1 is 1.27 bits per heavy atom. The number of amides is 2. The molecule has 0 unspecified atom stereocenters. The van der Waals surface area contributed by atoms with Gasteiger partial charge in [-0.2, -0.15) is 0 Å². The fraction of sp³-hybridized carbons (Fsp3) is 0.211. The lowest BCUT2D eigenvalue weighted by molar-refractivity contribution is -0.122. The average molecular weight is 403 g/mol. The number of hydrogen-bond acceptors (Lipinski definition) is 5. The molecule has 1 aromatic heterocycles. The number of thioether (sulfide) groups is 1. The van der Waals surface area contributed by atoms with Gasteiger partial charge in [-0.15, -0.1) is 11.3 Å². The number of nitrogens with zero attached hydrogens (tertiary/aromatic N) is 1. The van der Waals surface area contributed by atoms with E-state index in [4.69, 9.17) is 12.2 Å². The summed E-state index contributed by atoms with van der Waals surface area (Å²) in [6, 6.07) is 11.6. The molecule has 1 N–H and O–H groups in total. The van der Waals surface area contributed by atoms with Gasteiger partial charge in [-0.25, -0.2) is 0 Å². The van der Waals surface area contributed by atoms with E-state index in [9.17, 15) is 9.59 Å². The van der Waals surface area contributed by atoms with E-state index in [1.165, 1.54) is 11.8 Å². The minimum atomic E-state index is -0.0762. The van der Waals surface area contributed by atoms with Crippen molar-refractivity contribution in [3.8, 4) is 0 Å². The zero-order valence-electron chi connectivity index (χ0n) is 14.2. The quantitative estimate of drug-likeness (QED) is 0.563. The number of aryl methyl sites for hydroxylation is 1. The van der Waals surface area contributed by atoms with Crippen LogP contribution in [0.3, 0.4) is 0 Å². The molecule has 2 amide bonds. The number of carbonyl (C=O) groups is 2. The van der Waals surface area contributed by atoms with E-state index in [-0.39, 0.29) is 11.8 Å². The molecule has 0 atom stereocenters. The van der Waals surface area contributed by atoms with Crippen LogP contribution in [0, 0.1) is 6.92 Å². The van der Waals surface area contributed by atoms with E-state index in [2.05, 4.69) is 5.32 Å². The van der Waals surface area contributed by atoms with Gasteiger partial charge in [0, 0.05) is 23.5 Å². The van der Waals surface area contributed by atoms with E-state index in [0.717, 1.165) is 16.1 Å². The maximum Gasteiger partial charge on any atom is 0.266 e. The van der Waals surface area contributed by atoms with Crippen LogP contribution >= 0.6 is 35.3 Å². The van der Waals surface area contributed by atoms with Crippen molar-refractivity contribution in [1.29, 1.82) is 0 Å². The number of thiocarbonyl (C=S) groups is 1. The number of nitrogens with one attached hydrogen (secondary N) is 1. The Kier molecular flexibility index (Phi) is 6.24. The van der Waals surface area contributed by atoms with Gasteiger partial charge in [0.15, 0.2) is 0 Å². The third-order valence-electron chi connectivity index (χ3n) is 3.89. The third-order valence-corrected chi connectivity index (χ3v) is 6.09. The van der Waals surface area contributed by atoms with Crippen LogP contribution in [0.1, 0.15) is 23.3 Å². The van der Waals surface area contributed by atoms with Crippen molar-refractivity contribution in [1.82, 2.24) is 4.90 Å². The first kappa shape index (κ1) is 18.8. The Morgan fingerprint density at radius 3 is 2.81 bits per heavy atom. The highest BCUT2D eigenvalue weighted by atomic mass is 32.2. The first-order valence-corrected chi connectivity index (χ1v) is 10.3. The van der Waals surface area contributed by atoms with Crippen LogP contribution < -0.4 is 5.32 Å². The second kappa shape index (κ2) is 8.62. The fourth-order valence-corrected chi connectivity index (χ4v) is 4.55. The highest BCUT2D eigenvalue weighted by molar-refractivity contribution is 8.26. The lowest BCUT2D eigenvalue weighted by Gasteiger charge is -2.14.